The summed E-state index contributed by atoms with van der Waals surface area (Å²) in [6.07, 6.45) is 13.0. The Hall–Kier alpha value is -1.15. The summed E-state index contributed by atoms with van der Waals surface area (Å²) in [4.78, 5) is 0. The summed E-state index contributed by atoms with van der Waals surface area (Å²) in [6.45, 7) is 5.25. The minimum atomic E-state index is -0.115. The van der Waals surface area contributed by atoms with E-state index in [1.54, 1.807) is 6.07 Å². The molecule has 0 amide bonds. The third kappa shape index (κ3) is 6.10. The van der Waals surface area contributed by atoms with Gasteiger partial charge in [-0.1, -0.05) is 31.2 Å². The van der Waals surface area contributed by atoms with Gasteiger partial charge in [0.2, 0.25) is 0 Å². The molecule has 0 N–H and O–H groups in total. The lowest BCUT2D eigenvalue weighted by Crippen LogP contribution is -2.13. The van der Waals surface area contributed by atoms with Gasteiger partial charge in [-0.15, -0.1) is 0 Å². The highest BCUT2D eigenvalue weighted by atomic mass is 19.1. The molecule has 0 saturated heterocycles. The zero-order chi connectivity index (χ0) is 16.5. The number of hydrogen-bond donors (Lipinski definition) is 0. The lowest BCUT2D eigenvalue weighted by atomic mass is 9.79. The molecule has 1 aromatic rings. The largest absolute Gasteiger partial charge is 0.377 e. The molecule has 2 rings (SSSR count). The molecule has 0 spiro atoms. The van der Waals surface area contributed by atoms with Crippen molar-refractivity contribution >= 4 is 0 Å². The van der Waals surface area contributed by atoms with Crippen molar-refractivity contribution < 1.29 is 9.13 Å². The second-order valence-corrected chi connectivity index (χ2v) is 6.82. The van der Waals surface area contributed by atoms with Crippen LogP contribution in [0.25, 0.3) is 0 Å². The van der Waals surface area contributed by atoms with Gasteiger partial charge in [-0.25, -0.2) is 4.39 Å². The topological polar surface area (TPSA) is 9.23 Å². The summed E-state index contributed by atoms with van der Waals surface area (Å²) in [5.41, 5.74) is 1.80. The Morgan fingerprint density at radius 1 is 1.22 bits per heavy atom. The van der Waals surface area contributed by atoms with Gasteiger partial charge in [-0.2, -0.15) is 0 Å². The predicted molar refractivity (Wildman–Crippen MR) is 94.9 cm³/mol. The summed E-state index contributed by atoms with van der Waals surface area (Å²) in [7, 11) is 0. The molecule has 0 aliphatic heterocycles. The molecule has 0 atom stereocenters. The predicted octanol–water partition coefficient (Wildman–Crippen LogP) is 6.07. The van der Waals surface area contributed by atoms with Crippen LogP contribution in [0.2, 0.25) is 0 Å². The summed E-state index contributed by atoms with van der Waals surface area (Å²) < 4.78 is 19.5. The molecule has 1 aliphatic carbocycles. The van der Waals surface area contributed by atoms with Gasteiger partial charge in [0.25, 0.3) is 0 Å². The molecule has 1 aliphatic rings. The molecule has 0 radical (unpaired) electrons. The van der Waals surface area contributed by atoms with E-state index in [2.05, 4.69) is 32.1 Å². The molecule has 0 aromatic heterocycles. The van der Waals surface area contributed by atoms with Crippen LogP contribution in [0, 0.1) is 17.7 Å². The van der Waals surface area contributed by atoms with E-state index in [0.29, 0.717) is 18.8 Å². The lowest BCUT2D eigenvalue weighted by molar-refractivity contribution is 0.119. The van der Waals surface area contributed by atoms with Gasteiger partial charge in [-0.05, 0) is 75.3 Å². The van der Waals surface area contributed by atoms with Crippen LogP contribution in [0.5, 0.6) is 0 Å². The van der Waals surface area contributed by atoms with Crippen molar-refractivity contribution in [2.75, 3.05) is 6.61 Å². The van der Waals surface area contributed by atoms with E-state index in [9.17, 15) is 4.39 Å². The number of benzene rings is 1. The van der Waals surface area contributed by atoms with Gasteiger partial charge in [0, 0.05) is 12.2 Å². The van der Waals surface area contributed by atoms with Crippen molar-refractivity contribution in [2.24, 2.45) is 11.8 Å². The summed E-state index contributed by atoms with van der Waals surface area (Å²) >= 11 is 0. The Bertz CT molecular complexity index is 487. The van der Waals surface area contributed by atoms with Gasteiger partial charge < -0.3 is 4.74 Å². The van der Waals surface area contributed by atoms with Crippen molar-refractivity contribution in [2.45, 2.75) is 65.4 Å². The number of ether oxygens (including phenoxy) is 1. The van der Waals surface area contributed by atoms with Gasteiger partial charge in [0.1, 0.15) is 5.82 Å². The first-order chi connectivity index (χ1) is 11.2. The smallest absolute Gasteiger partial charge is 0.128 e. The highest BCUT2D eigenvalue weighted by molar-refractivity contribution is 5.24. The van der Waals surface area contributed by atoms with E-state index in [4.69, 9.17) is 4.74 Å². The molecule has 128 valence electrons. The van der Waals surface area contributed by atoms with E-state index in [-0.39, 0.29) is 5.82 Å². The molecule has 1 aromatic carbocycles. The maximum absolute atomic E-state index is 14.1. The quantitative estimate of drug-likeness (QED) is 0.417. The van der Waals surface area contributed by atoms with Crippen molar-refractivity contribution in [3.05, 3.63) is 47.3 Å². The van der Waals surface area contributed by atoms with Gasteiger partial charge in [-0.3, -0.25) is 0 Å². The second-order valence-electron chi connectivity index (χ2n) is 6.82. The molecule has 2 heteroatoms. The fourth-order valence-corrected chi connectivity index (χ4v) is 3.50. The number of rotatable bonds is 8. The monoisotopic (exact) mass is 318 g/mol. The SMILES string of the molecule is C/C=C\[C@H]1CC[C@H](CCc2ccc(COCCC)c(F)c2)CC1. The minimum Gasteiger partial charge on any atom is -0.377 e. The standard InChI is InChI=1S/C21H31FO/c1-3-5-17-6-8-18(9-7-17)10-11-19-12-13-20(21(22)15-19)16-23-14-4-2/h3,5,12-13,15,17-18H,4,6-11,14,16H2,1-2H3/b5-3-/t17-,18-. The average molecular weight is 318 g/mol. The molecule has 0 unspecified atom stereocenters. The van der Waals surface area contributed by atoms with Crippen molar-refractivity contribution in [3.63, 3.8) is 0 Å². The van der Waals surface area contributed by atoms with Crippen molar-refractivity contribution in [1.82, 2.24) is 0 Å². The molecule has 23 heavy (non-hydrogen) atoms. The van der Waals surface area contributed by atoms with Gasteiger partial charge in [0.15, 0.2) is 0 Å². The Morgan fingerprint density at radius 3 is 2.65 bits per heavy atom. The molecule has 1 nitrogen and oxygen atoms in total. The molecular formula is C21H31FO. The van der Waals surface area contributed by atoms with Crippen LogP contribution in [0.15, 0.2) is 30.4 Å². The maximum atomic E-state index is 14.1. The number of hydrogen-bond acceptors (Lipinski definition) is 1. The second kappa shape index (κ2) is 9.87. The molecule has 1 fully saturated rings. The number of aryl methyl sites for hydroxylation is 1. The molecule has 0 heterocycles. The molecular weight excluding hydrogens is 287 g/mol. The summed E-state index contributed by atoms with van der Waals surface area (Å²) in [5, 5.41) is 0. The Balaban J connectivity index is 1.77. The van der Waals surface area contributed by atoms with Crippen LogP contribution >= 0.6 is 0 Å². The van der Waals surface area contributed by atoms with Crippen LogP contribution in [-0.2, 0) is 17.8 Å². The van der Waals surface area contributed by atoms with Crippen LogP contribution < -0.4 is 0 Å². The first-order valence-electron chi connectivity index (χ1n) is 9.20. The van der Waals surface area contributed by atoms with Crippen LogP contribution in [-0.4, -0.2) is 6.61 Å². The van der Waals surface area contributed by atoms with Crippen LogP contribution in [0.4, 0.5) is 4.39 Å². The van der Waals surface area contributed by atoms with E-state index < -0.39 is 0 Å². The summed E-state index contributed by atoms with van der Waals surface area (Å²) in [5.74, 6) is 1.48. The van der Waals surface area contributed by atoms with E-state index >= 15 is 0 Å². The highest BCUT2D eigenvalue weighted by Gasteiger charge is 2.19. The van der Waals surface area contributed by atoms with Gasteiger partial charge in [0.05, 0.1) is 6.61 Å². The highest BCUT2D eigenvalue weighted by Crippen LogP contribution is 2.32. The van der Waals surface area contributed by atoms with E-state index in [1.165, 1.54) is 32.1 Å². The molecule has 0 bridgehead atoms. The van der Waals surface area contributed by atoms with Gasteiger partial charge >= 0.3 is 0 Å². The maximum Gasteiger partial charge on any atom is 0.128 e. The normalized spacial score (nSPS) is 21.9. The Kier molecular flexibility index (Phi) is 7.81. The third-order valence-corrected chi connectivity index (χ3v) is 4.92. The lowest BCUT2D eigenvalue weighted by Gasteiger charge is -2.26. The van der Waals surface area contributed by atoms with Crippen LogP contribution in [0.3, 0.4) is 0 Å². The average Bonchev–Trinajstić information content (AvgIpc) is 2.56. The minimum absolute atomic E-state index is 0.115. The fourth-order valence-electron chi connectivity index (χ4n) is 3.50. The zero-order valence-electron chi connectivity index (χ0n) is 14.7. The summed E-state index contributed by atoms with van der Waals surface area (Å²) in [6, 6.07) is 5.67. The zero-order valence-corrected chi connectivity index (χ0v) is 14.7. The van der Waals surface area contributed by atoms with Crippen LogP contribution in [0.1, 0.15) is 63.5 Å². The Labute approximate surface area is 140 Å². The van der Waals surface area contributed by atoms with E-state index in [1.807, 2.05) is 6.07 Å². The van der Waals surface area contributed by atoms with Crippen molar-refractivity contribution in [1.29, 1.82) is 0 Å². The third-order valence-electron chi connectivity index (χ3n) is 4.92. The number of halogens is 1. The number of allylic oxidation sites excluding steroid dienone is 2. The fraction of sp³-hybridized carbons (Fsp3) is 0.619. The first kappa shape index (κ1) is 18.2. The first-order valence-corrected chi connectivity index (χ1v) is 9.20. The van der Waals surface area contributed by atoms with E-state index in [0.717, 1.165) is 30.2 Å². The Morgan fingerprint density at radius 2 is 2.00 bits per heavy atom. The van der Waals surface area contributed by atoms with Crippen molar-refractivity contribution in [3.8, 4) is 0 Å². The molecule has 1 saturated carbocycles.